The lowest BCUT2D eigenvalue weighted by atomic mass is 10.3. The summed E-state index contributed by atoms with van der Waals surface area (Å²) < 4.78 is 7.05. The number of tetrazole rings is 1. The highest BCUT2D eigenvalue weighted by molar-refractivity contribution is 8.00. The highest BCUT2D eigenvalue weighted by atomic mass is 32.2. The van der Waals surface area contributed by atoms with Gasteiger partial charge in [0.2, 0.25) is 11.1 Å². The maximum atomic E-state index is 12.6. The highest BCUT2D eigenvalue weighted by Gasteiger charge is 2.20. The molecule has 2 aromatic carbocycles. The van der Waals surface area contributed by atoms with Crippen LogP contribution in [0.1, 0.15) is 13.8 Å². The molecule has 0 spiro atoms. The van der Waals surface area contributed by atoms with Gasteiger partial charge in [-0.25, -0.2) is 0 Å². The molecule has 0 aliphatic heterocycles. The van der Waals surface area contributed by atoms with Gasteiger partial charge in [0.15, 0.2) is 0 Å². The quantitative estimate of drug-likeness (QED) is 0.603. The molecule has 0 saturated carbocycles. The van der Waals surface area contributed by atoms with E-state index in [2.05, 4.69) is 20.8 Å². The van der Waals surface area contributed by atoms with E-state index in [1.165, 1.54) is 16.4 Å². The van der Waals surface area contributed by atoms with Crippen LogP contribution in [0.15, 0.2) is 53.7 Å². The van der Waals surface area contributed by atoms with Crippen molar-refractivity contribution in [2.45, 2.75) is 24.3 Å². The van der Waals surface area contributed by atoms with Crippen LogP contribution in [-0.2, 0) is 4.79 Å². The van der Waals surface area contributed by atoms with Crippen molar-refractivity contribution >= 4 is 23.4 Å². The number of amides is 1. The normalized spacial score (nSPS) is 11.8. The molecule has 8 nitrogen and oxygen atoms in total. The molecule has 2 N–H and O–H groups in total. The van der Waals surface area contributed by atoms with Crippen LogP contribution in [0, 0.1) is 0 Å². The molecule has 1 heterocycles. The smallest absolute Gasteiger partial charge is 0.237 e. The Morgan fingerprint density at radius 1 is 1.26 bits per heavy atom. The number of carbonyl (C=O) groups is 1. The second-order valence-corrected chi connectivity index (χ2v) is 6.88. The molecule has 0 aliphatic rings. The van der Waals surface area contributed by atoms with Crippen LogP contribution in [0.5, 0.6) is 11.5 Å². The van der Waals surface area contributed by atoms with E-state index in [0.717, 1.165) is 0 Å². The van der Waals surface area contributed by atoms with E-state index in [-0.39, 0.29) is 11.7 Å². The number of carbonyl (C=O) groups excluding carboxylic acids is 1. The van der Waals surface area contributed by atoms with Crippen molar-refractivity contribution < 1.29 is 14.6 Å². The number of para-hydroxylation sites is 2. The van der Waals surface area contributed by atoms with Gasteiger partial charge in [-0.05, 0) is 60.7 Å². The molecule has 27 heavy (non-hydrogen) atoms. The Morgan fingerprint density at radius 3 is 2.74 bits per heavy atom. The number of anilines is 1. The lowest BCUT2D eigenvalue weighted by Gasteiger charge is -2.14. The highest BCUT2D eigenvalue weighted by Crippen LogP contribution is 2.27. The average molecular weight is 385 g/mol. The Labute approximate surface area is 160 Å². The van der Waals surface area contributed by atoms with Crippen LogP contribution in [-0.4, -0.2) is 43.1 Å². The molecule has 3 rings (SSSR count). The van der Waals surface area contributed by atoms with Gasteiger partial charge in [0.25, 0.3) is 0 Å². The fraction of sp³-hybridized carbons (Fsp3) is 0.222. The maximum absolute atomic E-state index is 12.6. The third-order valence-corrected chi connectivity index (χ3v) is 4.66. The number of hydrogen-bond acceptors (Lipinski definition) is 7. The number of benzene rings is 2. The molecule has 1 aromatic heterocycles. The summed E-state index contributed by atoms with van der Waals surface area (Å²) in [5, 5.41) is 23.9. The summed E-state index contributed by atoms with van der Waals surface area (Å²) in [6.07, 6.45) is 0. The Kier molecular flexibility index (Phi) is 5.92. The summed E-state index contributed by atoms with van der Waals surface area (Å²) in [7, 11) is 0. The number of rotatable bonds is 7. The lowest BCUT2D eigenvalue weighted by Crippen LogP contribution is -2.23. The molecule has 0 bridgehead atoms. The molecule has 1 amide bonds. The average Bonchev–Trinajstić information content (AvgIpc) is 3.12. The van der Waals surface area contributed by atoms with E-state index in [4.69, 9.17) is 4.74 Å². The van der Waals surface area contributed by atoms with Crippen LogP contribution in [0.2, 0.25) is 0 Å². The molecule has 140 valence electrons. The SMILES string of the molecule is CCOc1ccccc1NC(=O)[C@H](C)Sc1nnnn1-c1ccc(O)cc1. The van der Waals surface area contributed by atoms with E-state index in [1.807, 2.05) is 25.1 Å². The summed E-state index contributed by atoms with van der Waals surface area (Å²) in [5.74, 6) is 0.591. The Hall–Kier alpha value is -3.07. The summed E-state index contributed by atoms with van der Waals surface area (Å²) in [6.45, 7) is 4.18. The van der Waals surface area contributed by atoms with Crippen LogP contribution >= 0.6 is 11.8 Å². The molecule has 0 radical (unpaired) electrons. The van der Waals surface area contributed by atoms with E-state index in [1.54, 1.807) is 37.3 Å². The zero-order chi connectivity index (χ0) is 19.2. The van der Waals surface area contributed by atoms with E-state index in [9.17, 15) is 9.90 Å². The first kappa shape index (κ1) is 18.7. The third-order valence-electron chi connectivity index (χ3n) is 3.63. The molecule has 1 atom stereocenters. The molecule has 3 aromatic rings. The van der Waals surface area contributed by atoms with Gasteiger partial charge in [0, 0.05) is 0 Å². The van der Waals surface area contributed by atoms with Gasteiger partial charge in [-0.3, -0.25) is 4.79 Å². The molecule has 0 unspecified atom stereocenters. The number of thioether (sulfide) groups is 1. The summed E-state index contributed by atoms with van der Waals surface area (Å²) >= 11 is 1.23. The first-order valence-corrected chi connectivity index (χ1v) is 9.23. The summed E-state index contributed by atoms with van der Waals surface area (Å²) in [4.78, 5) is 12.6. The Morgan fingerprint density at radius 2 is 2.00 bits per heavy atom. The first-order valence-electron chi connectivity index (χ1n) is 8.35. The fourth-order valence-corrected chi connectivity index (χ4v) is 3.11. The molecular weight excluding hydrogens is 366 g/mol. The van der Waals surface area contributed by atoms with Crippen molar-refractivity contribution in [2.24, 2.45) is 0 Å². The first-order chi connectivity index (χ1) is 13.1. The topological polar surface area (TPSA) is 102 Å². The van der Waals surface area contributed by atoms with Crippen LogP contribution in [0.4, 0.5) is 5.69 Å². The van der Waals surface area contributed by atoms with Gasteiger partial charge in [0.05, 0.1) is 23.2 Å². The van der Waals surface area contributed by atoms with Gasteiger partial charge in [0.1, 0.15) is 11.5 Å². The Bertz CT molecular complexity index is 913. The van der Waals surface area contributed by atoms with Crippen molar-refractivity contribution in [1.82, 2.24) is 20.2 Å². The molecular formula is C18H19N5O3S. The van der Waals surface area contributed by atoms with Crippen LogP contribution in [0.3, 0.4) is 0 Å². The number of phenolic OH excluding ortho intramolecular Hbond substituents is 1. The monoisotopic (exact) mass is 385 g/mol. The predicted octanol–water partition coefficient (Wildman–Crippen LogP) is 2.89. The van der Waals surface area contributed by atoms with Crippen LogP contribution in [0.25, 0.3) is 5.69 Å². The lowest BCUT2D eigenvalue weighted by molar-refractivity contribution is -0.115. The number of nitrogens with zero attached hydrogens (tertiary/aromatic N) is 4. The maximum Gasteiger partial charge on any atom is 0.237 e. The number of hydrogen-bond donors (Lipinski definition) is 2. The van der Waals surface area contributed by atoms with Crippen molar-refractivity contribution in [3.05, 3.63) is 48.5 Å². The molecule has 0 fully saturated rings. The number of aromatic nitrogens is 4. The van der Waals surface area contributed by atoms with Crippen molar-refractivity contribution in [2.75, 3.05) is 11.9 Å². The van der Waals surface area contributed by atoms with E-state index in [0.29, 0.717) is 28.9 Å². The minimum absolute atomic E-state index is 0.154. The van der Waals surface area contributed by atoms with Crippen molar-refractivity contribution in [3.8, 4) is 17.2 Å². The minimum Gasteiger partial charge on any atom is -0.508 e. The standard InChI is InChI=1S/C18H19N5O3S/c1-3-26-16-7-5-4-6-15(16)19-17(25)12(2)27-18-20-21-22-23(18)13-8-10-14(24)11-9-13/h4-12,24H,3H2,1-2H3,(H,19,25)/t12-/m0/s1. The molecule has 0 saturated heterocycles. The predicted molar refractivity (Wildman–Crippen MR) is 102 cm³/mol. The van der Waals surface area contributed by atoms with Crippen molar-refractivity contribution in [3.63, 3.8) is 0 Å². The molecule has 9 heteroatoms. The largest absolute Gasteiger partial charge is 0.508 e. The number of phenols is 1. The van der Waals surface area contributed by atoms with Gasteiger partial charge in [-0.1, -0.05) is 23.9 Å². The number of nitrogens with one attached hydrogen (secondary N) is 1. The van der Waals surface area contributed by atoms with E-state index < -0.39 is 5.25 Å². The Balaban J connectivity index is 1.71. The van der Waals surface area contributed by atoms with Crippen LogP contribution < -0.4 is 10.1 Å². The zero-order valence-electron chi connectivity index (χ0n) is 14.9. The zero-order valence-corrected chi connectivity index (χ0v) is 15.7. The summed E-state index contributed by atoms with van der Waals surface area (Å²) in [5.41, 5.74) is 1.31. The fourth-order valence-electron chi connectivity index (χ4n) is 2.31. The minimum atomic E-state index is -0.443. The van der Waals surface area contributed by atoms with Gasteiger partial charge >= 0.3 is 0 Å². The van der Waals surface area contributed by atoms with Gasteiger partial charge in [-0.15, -0.1) is 5.10 Å². The second kappa shape index (κ2) is 8.54. The third kappa shape index (κ3) is 4.56. The summed E-state index contributed by atoms with van der Waals surface area (Å²) in [6, 6.07) is 13.8. The van der Waals surface area contributed by atoms with Crippen molar-refractivity contribution in [1.29, 1.82) is 0 Å². The van der Waals surface area contributed by atoms with Gasteiger partial charge in [-0.2, -0.15) is 4.68 Å². The second-order valence-electron chi connectivity index (χ2n) is 5.57. The van der Waals surface area contributed by atoms with E-state index >= 15 is 0 Å². The molecule has 0 aliphatic carbocycles. The van der Waals surface area contributed by atoms with Gasteiger partial charge < -0.3 is 15.2 Å². The number of aromatic hydroxyl groups is 1. The number of ether oxygens (including phenoxy) is 1.